The number of carbonyl (C=O) groups excluding carboxylic acids is 1. The molecule has 10 nitrogen and oxygen atoms in total. The van der Waals surface area contributed by atoms with E-state index in [0.29, 0.717) is 45.1 Å². The van der Waals surface area contributed by atoms with E-state index < -0.39 is 0 Å². The van der Waals surface area contributed by atoms with Gasteiger partial charge in [0, 0.05) is 42.9 Å². The number of hydrogen-bond acceptors (Lipinski definition) is 8. The van der Waals surface area contributed by atoms with Crippen LogP contribution in [-0.2, 0) is 22.7 Å². The van der Waals surface area contributed by atoms with Crippen LogP contribution in [0.15, 0.2) is 72.9 Å². The third-order valence-electron chi connectivity index (χ3n) is 7.59. The summed E-state index contributed by atoms with van der Waals surface area (Å²) in [6, 6.07) is 22.1. The second kappa shape index (κ2) is 10.7. The summed E-state index contributed by atoms with van der Waals surface area (Å²) in [5, 5.41) is 8.69. The predicted octanol–water partition coefficient (Wildman–Crippen LogP) is 4.05. The molecule has 4 aromatic rings. The fourth-order valence-corrected chi connectivity index (χ4v) is 5.57. The summed E-state index contributed by atoms with van der Waals surface area (Å²) in [6.45, 7) is 4.09. The molecule has 0 spiro atoms. The van der Waals surface area contributed by atoms with Crippen LogP contribution in [0.2, 0.25) is 0 Å². The van der Waals surface area contributed by atoms with Gasteiger partial charge in [0.15, 0.2) is 13.6 Å². The van der Waals surface area contributed by atoms with Gasteiger partial charge in [0.2, 0.25) is 0 Å². The fourth-order valence-electron chi connectivity index (χ4n) is 5.57. The Morgan fingerprint density at radius 3 is 2.02 bits per heavy atom. The van der Waals surface area contributed by atoms with E-state index in [1.165, 1.54) is 4.80 Å². The lowest BCUT2D eigenvalue weighted by molar-refractivity contribution is -0.0165. The van der Waals surface area contributed by atoms with Crippen LogP contribution < -0.4 is 9.47 Å². The summed E-state index contributed by atoms with van der Waals surface area (Å²) in [7, 11) is 0. The van der Waals surface area contributed by atoms with E-state index in [9.17, 15) is 4.79 Å². The molecule has 1 aromatic heterocycles. The molecule has 0 radical (unpaired) electrons. The standard InChI is InChI=1S/C30H29N5O5/c36-30(35-31-16-26(32-35)21-4-2-1-3-5-21)34-12-10-33(11-13-34)29(22-6-8-27-24(14-22)17-37-19-39-27)23-7-9-28-25(15-23)18-38-20-40-28/h1-9,14-16,29H,10-13,17-20H2. The van der Waals surface area contributed by atoms with Crippen molar-refractivity contribution in [1.29, 1.82) is 0 Å². The zero-order chi connectivity index (χ0) is 26.9. The van der Waals surface area contributed by atoms with Gasteiger partial charge < -0.3 is 23.8 Å². The van der Waals surface area contributed by atoms with Crippen LogP contribution in [0.4, 0.5) is 4.79 Å². The van der Waals surface area contributed by atoms with Gasteiger partial charge in [0.1, 0.15) is 17.2 Å². The number of fused-ring (bicyclic) bond motifs is 2. The largest absolute Gasteiger partial charge is 0.467 e. The molecule has 7 rings (SSSR count). The van der Waals surface area contributed by atoms with E-state index >= 15 is 0 Å². The Labute approximate surface area is 231 Å². The SMILES string of the molecule is O=C(N1CCN(C(c2ccc3c(c2)COCO3)c2ccc3c(c2)COCO3)CC1)n1ncc(-c2ccccc2)n1. The Hall–Kier alpha value is -4.25. The molecule has 0 saturated carbocycles. The molecule has 0 N–H and O–H groups in total. The van der Waals surface area contributed by atoms with Crippen molar-refractivity contribution in [2.45, 2.75) is 19.3 Å². The van der Waals surface area contributed by atoms with Crippen molar-refractivity contribution >= 4 is 6.03 Å². The summed E-state index contributed by atoms with van der Waals surface area (Å²) >= 11 is 0. The number of benzene rings is 3. The van der Waals surface area contributed by atoms with E-state index in [4.69, 9.17) is 18.9 Å². The molecule has 3 aliphatic heterocycles. The predicted molar refractivity (Wildman–Crippen MR) is 145 cm³/mol. The van der Waals surface area contributed by atoms with Gasteiger partial charge in [-0.3, -0.25) is 4.90 Å². The van der Waals surface area contributed by atoms with E-state index in [1.54, 1.807) is 6.20 Å². The average molecular weight is 540 g/mol. The number of carbonyl (C=O) groups is 1. The first-order valence-electron chi connectivity index (χ1n) is 13.4. The van der Waals surface area contributed by atoms with Gasteiger partial charge in [-0.25, -0.2) is 4.79 Å². The molecular formula is C30H29N5O5. The Morgan fingerprint density at radius 1 is 0.775 bits per heavy atom. The minimum absolute atomic E-state index is 0.0239. The second-order valence-corrected chi connectivity index (χ2v) is 10.0. The van der Waals surface area contributed by atoms with Crippen LogP contribution in [0, 0.1) is 0 Å². The summed E-state index contributed by atoms with van der Waals surface area (Å²) < 4.78 is 22.4. The Kier molecular flexibility index (Phi) is 6.64. The van der Waals surface area contributed by atoms with Crippen molar-refractivity contribution in [3.8, 4) is 22.8 Å². The number of rotatable bonds is 4. The number of amides is 1. The smallest absolute Gasteiger partial charge is 0.362 e. The minimum Gasteiger partial charge on any atom is -0.467 e. The van der Waals surface area contributed by atoms with Crippen molar-refractivity contribution in [2.75, 3.05) is 39.8 Å². The third-order valence-corrected chi connectivity index (χ3v) is 7.59. The topological polar surface area (TPSA) is 91.2 Å². The highest BCUT2D eigenvalue weighted by atomic mass is 16.7. The maximum atomic E-state index is 13.3. The molecule has 10 heteroatoms. The zero-order valence-electron chi connectivity index (χ0n) is 21.9. The highest BCUT2D eigenvalue weighted by molar-refractivity contribution is 5.75. The van der Waals surface area contributed by atoms with Crippen LogP contribution in [0.3, 0.4) is 0 Å². The van der Waals surface area contributed by atoms with Crippen molar-refractivity contribution in [1.82, 2.24) is 24.8 Å². The zero-order valence-corrected chi connectivity index (χ0v) is 21.9. The lowest BCUT2D eigenvalue weighted by atomic mass is 9.93. The van der Waals surface area contributed by atoms with Gasteiger partial charge in [0.25, 0.3) is 0 Å². The molecule has 3 aliphatic rings. The first-order valence-corrected chi connectivity index (χ1v) is 13.4. The first kappa shape index (κ1) is 24.8. The van der Waals surface area contributed by atoms with Crippen molar-refractivity contribution in [3.63, 3.8) is 0 Å². The molecule has 204 valence electrons. The van der Waals surface area contributed by atoms with Crippen LogP contribution >= 0.6 is 0 Å². The van der Waals surface area contributed by atoms with Crippen LogP contribution in [0.5, 0.6) is 11.5 Å². The van der Waals surface area contributed by atoms with Gasteiger partial charge in [-0.2, -0.15) is 5.10 Å². The molecular weight excluding hydrogens is 510 g/mol. The highest BCUT2D eigenvalue weighted by Crippen LogP contribution is 2.36. The lowest BCUT2D eigenvalue weighted by Crippen LogP contribution is -2.51. The quantitative estimate of drug-likeness (QED) is 0.384. The van der Waals surface area contributed by atoms with E-state index in [-0.39, 0.29) is 25.7 Å². The molecule has 0 bridgehead atoms. The number of nitrogens with zero attached hydrogens (tertiary/aromatic N) is 5. The van der Waals surface area contributed by atoms with Crippen molar-refractivity contribution in [2.24, 2.45) is 0 Å². The normalized spacial score (nSPS) is 17.1. The van der Waals surface area contributed by atoms with Crippen LogP contribution in [0.25, 0.3) is 11.3 Å². The fraction of sp³-hybridized carbons (Fsp3) is 0.300. The molecule has 4 heterocycles. The molecule has 40 heavy (non-hydrogen) atoms. The first-order chi connectivity index (χ1) is 19.7. The summed E-state index contributed by atoms with van der Waals surface area (Å²) in [6.07, 6.45) is 1.63. The molecule has 1 fully saturated rings. The number of hydrogen-bond donors (Lipinski definition) is 0. The Morgan fingerprint density at radius 2 is 1.40 bits per heavy atom. The summed E-state index contributed by atoms with van der Waals surface area (Å²) in [5.74, 6) is 1.72. The van der Waals surface area contributed by atoms with Gasteiger partial charge in [-0.05, 0) is 35.4 Å². The number of ether oxygens (including phenoxy) is 4. The molecule has 3 aromatic carbocycles. The van der Waals surface area contributed by atoms with Crippen LogP contribution in [-0.4, -0.2) is 70.6 Å². The number of piperazine rings is 1. The minimum atomic E-state index is -0.218. The van der Waals surface area contributed by atoms with Crippen molar-refractivity contribution in [3.05, 3.63) is 95.2 Å². The van der Waals surface area contributed by atoms with E-state index in [1.807, 2.05) is 47.4 Å². The molecule has 1 amide bonds. The van der Waals surface area contributed by atoms with Crippen LogP contribution in [0.1, 0.15) is 28.3 Å². The molecule has 0 aliphatic carbocycles. The summed E-state index contributed by atoms with van der Waals surface area (Å²) in [5.41, 5.74) is 5.96. The Balaban J connectivity index is 1.13. The maximum Gasteiger partial charge on any atom is 0.362 e. The molecule has 0 unspecified atom stereocenters. The summed E-state index contributed by atoms with van der Waals surface area (Å²) in [4.78, 5) is 18.7. The monoisotopic (exact) mass is 539 g/mol. The second-order valence-electron chi connectivity index (χ2n) is 10.0. The van der Waals surface area contributed by atoms with Gasteiger partial charge in [-0.15, -0.1) is 5.10 Å². The maximum absolute atomic E-state index is 13.3. The van der Waals surface area contributed by atoms with Gasteiger partial charge in [0.05, 0.1) is 25.5 Å². The molecule has 1 saturated heterocycles. The molecule has 0 atom stereocenters. The van der Waals surface area contributed by atoms with Crippen molar-refractivity contribution < 1.29 is 23.7 Å². The number of aromatic nitrogens is 3. The Bertz CT molecular complexity index is 1460. The third kappa shape index (κ3) is 4.81. The van der Waals surface area contributed by atoms with Gasteiger partial charge >= 0.3 is 6.03 Å². The van der Waals surface area contributed by atoms with Gasteiger partial charge in [-0.1, -0.05) is 47.3 Å². The van der Waals surface area contributed by atoms with E-state index in [0.717, 1.165) is 39.3 Å². The average Bonchev–Trinajstić information content (AvgIpc) is 3.52. The van der Waals surface area contributed by atoms with E-state index in [2.05, 4.69) is 39.4 Å². The lowest BCUT2D eigenvalue weighted by Gasteiger charge is -2.39. The highest BCUT2D eigenvalue weighted by Gasteiger charge is 2.31.